The first-order chi connectivity index (χ1) is 10.2. The van der Waals surface area contributed by atoms with Crippen LogP contribution in [-0.2, 0) is 13.0 Å². The van der Waals surface area contributed by atoms with Crippen molar-refractivity contribution in [3.63, 3.8) is 0 Å². The van der Waals surface area contributed by atoms with Crippen molar-refractivity contribution in [1.29, 1.82) is 0 Å². The maximum Gasteiger partial charge on any atom is 0.0490 e. The Bertz CT molecular complexity index is 805. The molecule has 106 valence electrons. The van der Waals surface area contributed by atoms with E-state index in [1.54, 1.807) is 0 Å². The van der Waals surface area contributed by atoms with E-state index in [0.717, 1.165) is 24.0 Å². The van der Waals surface area contributed by atoms with Crippen molar-refractivity contribution in [1.82, 2.24) is 4.98 Å². The van der Waals surface area contributed by atoms with E-state index in [1.165, 1.54) is 33.4 Å². The third kappa shape index (κ3) is 2.16. The minimum absolute atomic E-state index is 0.981. The number of aryl methyl sites for hydroxylation is 1. The molecule has 0 aliphatic carbocycles. The monoisotopic (exact) mass is 340 g/mol. The quantitative estimate of drug-likeness (QED) is 0.674. The van der Waals surface area contributed by atoms with Crippen molar-refractivity contribution >= 4 is 32.5 Å². The van der Waals surface area contributed by atoms with Gasteiger partial charge in [-0.05, 0) is 36.8 Å². The standard InChI is InChI=1S/C18H17BrN2/c1-12-9-13(19)10-15-16-11-21(14-5-3-2-4-6-14)8-7-17(16)20-18(12)15/h2-6,9-10,20H,7-8,11H2,1H3. The molecule has 0 amide bonds. The summed E-state index contributed by atoms with van der Waals surface area (Å²) in [7, 11) is 0. The van der Waals surface area contributed by atoms with Gasteiger partial charge >= 0.3 is 0 Å². The van der Waals surface area contributed by atoms with E-state index in [2.05, 4.69) is 75.2 Å². The fraction of sp³-hybridized carbons (Fsp3) is 0.222. The van der Waals surface area contributed by atoms with Crippen LogP contribution in [0, 0.1) is 6.92 Å². The van der Waals surface area contributed by atoms with Crippen molar-refractivity contribution < 1.29 is 0 Å². The summed E-state index contributed by atoms with van der Waals surface area (Å²) in [5, 5.41) is 1.36. The van der Waals surface area contributed by atoms with Crippen LogP contribution in [0.3, 0.4) is 0 Å². The molecule has 0 fully saturated rings. The molecule has 0 spiro atoms. The molecule has 0 saturated carbocycles. The first-order valence-electron chi connectivity index (χ1n) is 7.32. The predicted molar refractivity (Wildman–Crippen MR) is 91.9 cm³/mol. The molecule has 1 aromatic heterocycles. The Kier molecular flexibility index (Phi) is 3.03. The van der Waals surface area contributed by atoms with Gasteiger partial charge in [0.1, 0.15) is 0 Å². The number of fused-ring (bicyclic) bond motifs is 3. The highest BCUT2D eigenvalue weighted by Crippen LogP contribution is 2.33. The first-order valence-corrected chi connectivity index (χ1v) is 8.11. The summed E-state index contributed by atoms with van der Waals surface area (Å²) in [5.74, 6) is 0. The van der Waals surface area contributed by atoms with Gasteiger partial charge in [-0.2, -0.15) is 0 Å². The molecule has 1 aliphatic rings. The number of nitrogens with zero attached hydrogens (tertiary/aromatic N) is 1. The number of nitrogens with one attached hydrogen (secondary N) is 1. The summed E-state index contributed by atoms with van der Waals surface area (Å²) in [5.41, 5.74) is 6.75. The molecule has 2 aromatic carbocycles. The van der Waals surface area contributed by atoms with Crippen LogP contribution in [0.15, 0.2) is 46.9 Å². The Morgan fingerprint density at radius 2 is 1.95 bits per heavy atom. The highest BCUT2D eigenvalue weighted by molar-refractivity contribution is 9.10. The average Bonchev–Trinajstić information content (AvgIpc) is 2.86. The number of hydrogen-bond donors (Lipinski definition) is 1. The van der Waals surface area contributed by atoms with Gasteiger partial charge in [0.25, 0.3) is 0 Å². The molecule has 1 aliphatic heterocycles. The third-order valence-electron chi connectivity index (χ3n) is 4.37. The van der Waals surface area contributed by atoms with E-state index in [1.807, 2.05) is 0 Å². The molecule has 0 bridgehead atoms. The molecule has 1 N–H and O–H groups in total. The summed E-state index contributed by atoms with van der Waals surface area (Å²) in [4.78, 5) is 6.10. The molecular formula is C18H17BrN2. The van der Waals surface area contributed by atoms with E-state index in [9.17, 15) is 0 Å². The second kappa shape index (κ2) is 4.92. The van der Waals surface area contributed by atoms with Gasteiger partial charge in [-0.15, -0.1) is 0 Å². The summed E-state index contributed by atoms with van der Waals surface area (Å²) in [6.07, 6.45) is 1.08. The van der Waals surface area contributed by atoms with E-state index < -0.39 is 0 Å². The summed E-state index contributed by atoms with van der Waals surface area (Å²) >= 11 is 3.63. The van der Waals surface area contributed by atoms with E-state index >= 15 is 0 Å². The van der Waals surface area contributed by atoms with Crippen LogP contribution in [-0.4, -0.2) is 11.5 Å². The van der Waals surface area contributed by atoms with Gasteiger partial charge in [-0.25, -0.2) is 0 Å². The summed E-state index contributed by atoms with van der Waals surface area (Å²) in [6.45, 7) is 4.23. The van der Waals surface area contributed by atoms with Gasteiger partial charge in [0.15, 0.2) is 0 Å². The van der Waals surface area contributed by atoms with Gasteiger partial charge in [-0.1, -0.05) is 34.1 Å². The third-order valence-corrected chi connectivity index (χ3v) is 4.83. The SMILES string of the molecule is Cc1cc(Br)cc2c3c([nH]c12)CCN(c1ccccc1)C3. The second-order valence-electron chi connectivity index (χ2n) is 5.73. The summed E-state index contributed by atoms with van der Waals surface area (Å²) in [6, 6.07) is 15.1. The largest absolute Gasteiger partial charge is 0.367 e. The maximum absolute atomic E-state index is 3.64. The zero-order valence-corrected chi connectivity index (χ0v) is 13.6. The number of aromatic amines is 1. The normalized spacial score (nSPS) is 14.5. The molecule has 2 nitrogen and oxygen atoms in total. The highest BCUT2D eigenvalue weighted by Gasteiger charge is 2.21. The van der Waals surface area contributed by atoms with Gasteiger partial charge in [0.05, 0.1) is 0 Å². The molecule has 2 heterocycles. The number of para-hydroxylation sites is 1. The molecule has 0 saturated heterocycles. The topological polar surface area (TPSA) is 19.0 Å². The van der Waals surface area contributed by atoms with Crippen molar-refractivity contribution in [3.8, 4) is 0 Å². The maximum atomic E-state index is 3.64. The van der Waals surface area contributed by atoms with Crippen LogP contribution in [0.25, 0.3) is 10.9 Å². The van der Waals surface area contributed by atoms with Crippen LogP contribution >= 0.6 is 15.9 Å². The van der Waals surface area contributed by atoms with Crippen LogP contribution in [0.1, 0.15) is 16.8 Å². The van der Waals surface area contributed by atoms with Gasteiger partial charge in [0, 0.05) is 51.8 Å². The van der Waals surface area contributed by atoms with Crippen molar-refractivity contribution in [3.05, 3.63) is 63.8 Å². The minimum Gasteiger partial charge on any atom is -0.367 e. The molecule has 0 unspecified atom stereocenters. The van der Waals surface area contributed by atoms with E-state index in [-0.39, 0.29) is 0 Å². The second-order valence-corrected chi connectivity index (χ2v) is 6.65. The number of anilines is 1. The Hall–Kier alpha value is -1.74. The molecule has 21 heavy (non-hydrogen) atoms. The Morgan fingerprint density at radius 1 is 1.14 bits per heavy atom. The van der Waals surface area contributed by atoms with Gasteiger partial charge < -0.3 is 9.88 Å². The van der Waals surface area contributed by atoms with Gasteiger partial charge in [0.2, 0.25) is 0 Å². The Balaban J connectivity index is 1.81. The number of hydrogen-bond acceptors (Lipinski definition) is 1. The lowest BCUT2D eigenvalue weighted by molar-refractivity contribution is 0.726. The van der Waals surface area contributed by atoms with Crippen LogP contribution in [0.4, 0.5) is 5.69 Å². The van der Waals surface area contributed by atoms with Crippen LogP contribution < -0.4 is 4.90 Å². The zero-order chi connectivity index (χ0) is 14.4. The van der Waals surface area contributed by atoms with Crippen LogP contribution in [0.5, 0.6) is 0 Å². The lowest BCUT2D eigenvalue weighted by Gasteiger charge is -2.29. The molecule has 4 rings (SSSR count). The smallest absolute Gasteiger partial charge is 0.0490 e. The number of benzene rings is 2. The minimum atomic E-state index is 0.981. The van der Waals surface area contributed by atoms with E-state index in [4.69, 9.17) is 0 Å². The fourth-order valence-electron chi connectivity index (χ4n) is 3.31. The highest BCUT2D eigenvalue weighted by atomic mass is 79.9. The fourth-order valence-corrected chi connectivity index (χ4v) is 3.88. The molecule has 3 heteroatoms. The lowest BCUT2D eigenvalue weighted by atomic mass is 10.0. The molecule has 0 atom stereocenters. The predicted octanol–water partition coefficient (Wildman–Crippen LogP) is 4.80. The molecule has 0 radical (unpaired) electrons. The first kappa shape index (κ1) is 13.0. The molecular weight excluding hydrogens is 324 g/mol. The van der Waals surface area contributed by atoms with Crippen molar-refractivity contribution in [2.24, 2.45) is 0 Å². The Labute approximate surface area is 132 Å². The van der Waals surface area contributed by atoms with Crippen molar-refractivity contribution in [2.75, 3.05) is 11.4 Å². The summed E-state index contributed by atoms with van der Waals surface area (Å²) < 4.78 is 1.16. The van der Waals surface area contributed by atoms with E-state index in [0.29, 0.717) is 0 Å². The number of H-pyrrole nitrogens is 1. The number of aromatic nitrogens is 1. The van der Waals surface area contributed by atoms with Gasteiger partial charge in [-0.3, -0.25) is 0 Å². The Morgan fingerprint density at radius 3 is 2.76 bits per heavy atom. The number of rotatable bonds is 1. The van der Waals surface area contributed by atoms with Crippen molar-refractivity contribution in [2.45, 2.75) is 19.9 Å². The zero-order valence-electron chi connectivity index (χ0n) is 12.0. The number of halogens is 1. The molecule has 3 aromatic rings. The average molecular weight is 341 g/mol. The lowest BCUT2D eigenvalue weighted by Crippen LogP contribution is -2.29. The van der Waals surface area contributed by atoms with Crippen LogP contribution in [0.2, 0.25) is 0 Å².